The van der Waals surface area contributed by atoms with E-state index in [2.05, 4.69) is 15.2 Å². The maximum atomic E-state index is 12.4. The Morgan fingerprint density at radius 2 is 1.96 bits per heavy atom. The van der Waals surface area contributed by atoms with Crippen LogP contribution in [0.3, 0.4) is 0 Å². The van der Waals surface area contributed by atoms with Gasteiger partial charge in [-0.15, -0.1) is 0 Å². The molecule has 1 N–H and O–H groups in total. The molecule has 24 heavy (non-hydrogen) atoms. The summed E-state index contributed by atoms with van der Waals surface area (Å²) < 4.78 is 6.29. The molecule has 0 aliphatic carbocycles. The Balaban J connectivity index is 2.23. The van der Waals surface area contributed by atoms with E-state index in [0.29, 0.717) is 10.6 Å². The molecule has 7 heteroatoms. The third kappa shape index (κ3) is 4.14. The number of ether oxygens (including phenoxy) is 1. The fourth-order valence-corrected chi connectivity index (χ4v) is 2.48. The molecule has 0 aliphatic heterocycles. The number of halogens is 1. The van der Waals surface area contributed by atoms with Crippen LogP contribution in [-0.4, -0.2) is 35.3 Å². The lowest BCUT2D eigenvalue weighted by Gasteiger charge is -2.13. The summed E-state index contributed by atoms with van der Waals surface area (Å²) in [5.74, 6) is -0.538. The summed E-state index contributed by atoms with van der Waals surface area (Å²) in [5, 5.41) is 7.69. The molecule has 2 rings (SSSR count). The van der Waals surface area contributed by atoms with Crippen molar-refractivity contribution in [2.75, 3.05) is 13.7 Å². The van der Waals surface area contributed by atoms with E-state index in [-0.39, 0.29) is 30.8 Å². The molecular weight excluding hydrogens is 330 g/mol. The van der Waals surface area contributed by atoms with Crippen molar-refractivity contribution >= 4 is 23.5 Å². The van der Waals surface area contributed by atoms with Gasteiger partial charge in [-0.25, -0.2) is 4.68 Å². The molecule has 0 atom stereocenters. The quantitative estimate of drug-likeness (QED) is 0.814. The standard InChI is InChI=1S/C17H20ClN3O3/c1-11(2)16-14(17(23)19-9-8-15(22)24-3)10-20-21(16)13-6-4-12(18)5-7-13/h4-7,10-11H,8-9H2,1-3H3,(H,19,23). The van der Waals surface area contributed by atoms with Crippen molar-refractivity contribution in [3.63, 3.8) is 0 Å². The van der Waals surface area contributed by atoms with Crippen LogP contribution in [-0.2, 0) is 9.53 Å². The minimum absolute atomic E-state index is 0.0875. The number of methoxy groups -OCH3 is 1. The van der Waals surface area contributed by atoms with Crippen LogP contribution >= 0.6 is 11.6 Å². The third-order valence-electron chi connectivity index (χ3n) is 3.51. The molecule has 1 aromatic carbocycles. The number of carbonyl (C=O) groups excluding carboxylic acids is 2. The number of carbonyl (C=O) groups is 2. The van der Waals surface area contributed by atoms with Gasteiger partial charge in [0, 0.05) is 11.6 Å². The number of hydrogen-bond acceptors (Lipinski definition) is 4. The molecule has 1 aromatic heterocycles. The van der Waals surface area contributed by atoms with Crippen LogP contribution in [0.5, 0.6) is 0 Å². The number of nitrogens with zero attached hydrogens (tertiary/aromatic N) is 2. The van der Waals surface area contributed by atoms with E-state index in [1.54, 1.807) is 16.8 Å². The topological polar surface area (TPSA) is 73.2 Å². The van der Waals surface area contributed by atoms with Crippen molar-refractivity contribution in [3.8, 4) is 5.69 Å². The van der Waals surface area contributed by atoms with Gasteiger partial charge in [0.15, 0.2) is 0 Å². The summed E-state index contributed by atoms with van der Waals surface area (Å²) in [5.41, 5.74) is 2.12. The summed E-state index contributed by atoms with van der Waals surface area (Å²) in [7, 11) is 1.32. The number of benzene rings is 1. The molecule has 0 unspecified atom stereocenters. The first kappa shape index (κ1) is 18.0. The summed E-state index contributed by atoms with van der Waals surface area (Å²) >= 11 is 5.92. The largest absolute Gasteiger partial charge is 0.469 e. The number of rotatable bonds is 6. The van der Waals surface area contributed by atoms with Crippen molar-refractivity contribution in [1.82, 2.24) is 15.1 Å². The summed E-state index contributed by atoms with van der Waals surface area (Å²) in [4.78, 5) is 23.5. The number of amides is 1. The number of aromatic nitrogens is 2. The third-order valence-corrected chi connectivity index (χ3v) is 3.76. The smallest absolute Gasteiger partial charge is 0.307 e. The minimum Gasteiger partial charge on any atom is -0.469 e. The van der Waals surface area contributed by atoms with E-state index in [1.165, 1.54) is 13.3 Å². The first-order chi connectivity index (χ1) is 11.4. The normalized spacial score (nSPS) is 10.7. The van der Waals surface area contributed by atoms with Crippen LogP contribution in [0.4, 0.5) is 0 Å². The first-order valence-corrected chi connectivity index (χ1v) is 8.00. The molecule has 0 saturated carbocycles. The van der Waals surface area contributed by atoms with Crippen molar-refractivity contribution in [3.05, 3.63) is 46.7 Å². The van der Waals surface area contributed by atoms with Gasteiger partial charge in [-0.3, -0.25) is 9.59 Å². The Bertz CT molecular complexity index is 723. The van der Waals surface area contributed by atoms with Gasteiger partial charge in [-0.05, 0) is 30.2 Å². The number of nitrogens with one attached hydrogen (secondary N) is 1. The monoisotopic (exact) mass is 349 g/mol. The molecule has 6 nitrogen and oxygen atoms in total. The molecule has 0 bridgehead atoms. The molecule has 1 heterocycles. The maximum Gasteiger partial charge on any atom is 0.307 e. The van der Waals surface area contributed by atoms with Crippen LogP contribution in [0.25, 0.3) is 5.69 Å². The average molecular weight is 350 g/mol. The van der Waals surface area contributed by atoms with Gasteiger partial charge in [0.1, 0.15) is 0 Å². The number of hydrogen-bond donors (Lipinski definition) is 1. The van der Waals surface area contributed by atoms with Crippen molar-refractivity contribution in [2.24, 2.45) is 0 Å². The predicted octanol–water partition coefficient (Wildman–Crippen LogP) is 2.94. The zero-order chi connectivity index (χ0) is 17.7. The zero-order valence-electron chi connectivity index (χ0n) is 13.9. The van der Waals surface area contributed by atoms with E-state index in [1.807, 2.05) is 26.0 Å². The Morgan fingerprint density at radius 3 is 2.54 bits per heavy atom. The molecule has 1 amide bonds. The second kappa shape index (κ2) is 7.97. The minimum atomic E-state index is -0.365. The maximum absolute atomic E-state index is 12.4. The van der Waals surface area contributed by atoms with Gasteiger partial charge in [-0.1, -0.05) is 25.4 Å². The fraction of sp³-hybridized carbons (Fsp3) is 0.353. The molecule has 0 radical (unpaired) electrons. The first-order valence-electron chi connectivity index (χ1n) is 7.63. The Hall–Kier alpha value is -2.34. The lowest BCUT2D eigenvalue weighted by Crippen LogP contribution is -2.27. The Kier molecular flexibility index (Phi) is 5.98. The summed E-state index contributed by atoms with van der Waals surface area (Å²) in [6.07, 6.45) is 1.67. The highest BCUT2D eigenvalue weighted by atomic mass is 35.5. The van der Waals surface area contributed by atoms with Crippen molar-refractivity contribution < 1.29 is 14.3 Å². The van der Waals surface area contributed by atoms with Crippen molar-refractivity contribution in [2.45, 2.75) is 26.2 Å². The van der Waals surface area contributed by atoms with Gasteiger partial charge in [0.25, 0.3) is 5.91 Å². The van der Waals surface area contributed by atoms with E-state index in [4.69, 9.17) is 11.6 Å². The van der Waals surface area contributed by atoms with Crippen LogP contribution in [0.2, 0.25) is 5.02 Å². The Morgan fingerprint density at radius 1 is 1.29 bits per heavy atom. The number of esters is 1. The molecule has 0 fully saturated rings. The van der Waals surface area contributed by atoms with Gasteiger partial charge in [-0.2, -0.15) is 5.10 Å². The second-order valence-electron chi connectivity index (χ2n) is 5.57. The van der Waals surface area contributed by atoms with Crippen LogP contribution in [0.1, 0.15) is 42.2 Å². The van der Waals surface area contributed by atoms with E-state index in [0.717, 1.165) is 11.4 Å². The fourth-order valence-electron chi connectivity index (χ4n) is 2.35. The summed E-state index contributed by atoms with van der Waals surface area (Å²) in [6.45, 7) is 4.21. The SMILES string of the molecule is COC(=O)CCNC(=O)c1cnn(-c2ccc(Cl)cc2)c1C(C)C. The molecule has 2 aromatic rings. The highest BCUT2D eigenvalue weighted by molar-refractivity contribution is 6.30. The molecule has 0 aliphatic rings. The zero-order valence-corrected chi connectivity index (χ0v) is 14.6. The van der Waals surface area contributed by atoms with Crippen LogP contribution in [0, 0.1) is 0 Å². The Labute approximate surface area is 145 Å². The highest BCUT2D eigenvalue weighted by Gasteiger charge is 2.20. The molecule has 0 spiro atoms. The van der Waals surface area contributed by atoms with Gasteiger partial charge in [0.05, 0.1) is 36.7 Å². The predicted molar refractivity (Wildman–Crippen MR) is 91.6 cm³/mol. The molecule has 128 valence electrons. The average Bonchev–Trinajstić information content (AvgIpc) is 3.00. The van der Waals surface area contributed by atoms with Gasteiger partial charge in [0.2, 0.25) is 0 Å². The van der Waals surface area contributed by atoms with Crippen LogP contribution < -0.4 is 5.32 Å². The van der Waals surface area contributed by atoms with Gasteiger partial charge < -0.3 is 10.1 Å². The lowest BCUT2D eigenvalue weighted by molar-refractivity contribution is -0.140. The highest BCUT2D eigenvalue weighted by Crippen LogP contribution is 2.23. The lowest BCUT2D eigenvalue weighted by atomic mass is 10.0. The van der Waals surface area contributed by atoms with Crippen molar-refractivity contribution in [1.29, 1.82) is 0 Å². The molecule has 0 saturated heterocycles. The van der Waals surface area contributed by atoms with E-state index >= 15 is 0 Å². The summed E-state index contributed by atoms with van der Waals surface area (Å²) in [6, 6.07) is 7.25. The van der Waals surface area contributed by atoms with Crippen LogP contribution in [0.15, 0.2) is 30.5 Å². The van der Waals surface area contributed by atoms with Gasteiger partial charge >= 0.3 is 5.97 Å². The van der Waals surface area contributed by atoms with E-state index < -0.39 is 0 Å². The second-order valence-corrected chi connectivity index (χ2v) is 6.00. The van der Waals surface area contributed by atoms with E-state index in [9.17, 15) is 9.59 Å². The molecular formula is C17H20ClN3O3.